The first-order chi connectivity index (χ1) is 21.1. The highest BCUT2D eigenvalue weighted by atomic mass is 16.7. The fourth-order valence-corrected chi connectivity index (χ4v) is 5.29. The summed E-state index contributed by atoms with van der Waals surface area (Å²) in [4.78, 5) is 38.2. The summed E-state index contributed by atoms with van der Waals surface area (Å²) in [7, 11) is 0. The van der Waals surface area contributed by atoms with Gasteiger partial charge in [0, 0.05) is 39.1 Å². The molecule has 0 saturated carbocycles. The summed E-state index contributed by atoms with van der Waals surface area (Å²) in [6.45, 7) is 20.4. The van der Waals surface area contributed by atoms with E-state index in [0.717, 1.165) is 64.4 Å². The lowest BCUT2D eigenvalue weighted by Crippen LogP contribution is -2.36. The van der Waals surface area contributed by atoms with Gasteiger partial charge < -0.3 is 43.0 Å². The van der Waals surface area contributed by atoms with Gasteiger partial charge in [-0.2, -0.15) is 0 Å². The van der Waals surface area contributed by atoms with Crippen LogP contribution in [0, 0.1) is 0 Å². The number of carbonyl (C=O) groups is 3. The molecule has 0 aromatic heterocycles. The van der Waals surface area contributed by atoms with Crippen LogP contribution >= 0.6 is 0 Å². The van der Waals surface area contributed by atoms with Crippen LogP contribution in [0.2, 0.25) is 0 Å². The van der Waals surface area contributed by atoms with E-state index >= 15 is 0 Å². The first-order valence-electron chi connectivity index (χ1n) is 17.0. The summed E-state index contributed by atoms with van der Waals surface area (Å²) in [6.07, 6.45) is 9.24. The highest BCUT2D eigenvalue weighted by Crippen LogP contribution is 2.25. The minimum Gasteiger partial charge on any atom is -0.444 e. The number of Topliss-reactive ketones (excluding diaryl/α,β-unsaturated/α-hetero) is 1. The van der Waals surface area contributed by atoms with E-state index in [9.17, 15) is 14.4 Å². The van der Waals surface area contributed by atoms with E-state index in [0.29, 0.717) is 52.4 Å². The maximum atomic E-state index is 12.0. The van der Waals surface area contributed by atoms with Gasteiger partial charge in [-0.3, -0.25) is 0 Å². The van der Waals surface area contributed by atoms with E-state index in [1.807, 2.05) is 48.5 Å². The number of carbonyl (C=O) groups excluding carboxylic acids is 3. The number of amides is 2. The summed E-state index contributed by atoms with van der Waals surface area (Å²) in [5, 5.41) is 0. The van der Waals surface area contributed by atoms with Gasteiger partial charge in [-0.05, 0) is 93.9 Å². The highest BCUT2D eigenvalue weighted by molar-refractivity contribution is 5.75. The molecule has 11 heteroatoms. The van der Waals surface area contributed by atoms with Crippen LogP contribution in [0.1, 0.15) is 120 Å². The van der Waals surface area contributed by atoms with E-state index in [2.05, 4.69) is 0 Å². The normalized spacial score (nSPS) is 21.4. The van der Waals surface area contributed by atoms with Gasteiger partial charge >= 0.3 is 12.2 Å². The van der Waals surface area contributed by atoms with E-state index in [1.54, 1.807) is 16.7 Å². The molecule has 3 rings (SSSR count). The zero-order valence-electron chi connectivity index (χ0n) is 29.5. The largest absolute Gasteiger partial charge is 0.444 e. The molecule has 0 unspecified atom stereocenters. The number of ketones is 1. The molecule has 0 aliphatic carbocycles. The second-order valence-electron chi connectivity index (χ2n) is 14.6. The molecule has 0 bridgehead atoms. The fraction of sp³-hybridized carbons (Fsp3) is 0.912. The Kier molecular flexibility index (Phi) is 16.6. The van der Waals surface area contributed by atoms with Crippen LogP contribution in [-0.2, 0) is 33.2 Å². The lowest BCUT2D eigenvalue weighted by atomic mass is 10.1. The Balaban J connectivity index is 0.000000317. The first-order valence-corrected chi connectivity index (χ1v) is 17.0. The number of hydrogen-bond donors (Lipinski definition) is 0. The van der Waals surface area contributed by atoms with Gasteiger partial charge in [0.15, 0.2) is 5.79 Å². The number of unbranched alkanes of at least 4 members (excludes halogenated alkanes) is 4. The van der Waals surface area contributed by atoms with Crippen molar-refractivity contribution in [1.82, 2.24) is 9.80 Å². The molecule has 2 amide bonds. The van der Waals surface area contributed by atoms with E-state index in [1.165, 1.54) is 0 Å². The van der Waals surface area contributed by atoms with Gasteiger partial charge in [0.05, 0.1) is 38.5 Å². The summed E-state index contributed by atoms with van der Waals surface area (Å²) < 4.78 is 33.6. The zero-order chi connectivity index (χ0) is 33.5. The van der Waals surface area contributed by atoms with Crippen LogP contribution in [0.5, 0.6) is 0 Å². The molecule has 262 valence electrons. The fourth-order valence-electron chi connectivity index (χ4n) is 5.29. The van der Waals surface area contributed by atoms with Gasteiger partial charge in [-0.15, -0.1) is 0 Å². The van der Waals surface area contributed by atoms with Gasteiger partial charge in [-0.1, -0.05) is 12.8 Å². The van der Waals surface area contributed by atoms with Gasteiger partial charge in [0.2, 0.25) is 0 Å². The molecule has 3 aliphatic heterocycles. The Morgan fingerprint density at radius 1 is 0.711 bits per heavy atom. The van der Waals surface area contributed by atoms with Crippen LogP contribution < -0.4 is 0 Å². The van der Waals surface area contributed by atoms with Gasteiger partial charge in [0.25, 0.3) is 0 Å². The quantitative estimate of drug-likeness (QED) is 0.196. The second kappa shape index (κ2) is 19.0. The standard InChI is InChI=1S/C18H33NO5.C16H29NO4/c1-17(2,3)24-16(20)19-10-8-15(14-19)21-11-7-5-6-9-18(4)22-12-13-23-18;1-13(18)8-6-5-7-11-20-14-9-10-17(12-14)15(19)21-16(2,3)4/h15H,5-14H2,1-4H3;14H,5-12H2,1-4H3/t15-;14-/m11/s1. The van der Waals surface area contributed by atoms with Crippen molar-refractivity contribution in [3.63, 3.8) is 0 Å². The molecule has 0 spiro atoms. The SMILES string of the molecule is CC(=O)CCCCCO[C@@H]1CCN(C(=O)OC(C)(C)C)C1.CC(C)(C)OC(=O)N1CC[C@@H](OCCCCCC2(C)OCCO2)C1. The second-order valence-corrected chi connectivity index (χ2v) is 14.6. The minimum atomic E-state index is -0.452. The Morgan fingerprint density at radius 2 is 1.16 bits per heavy atom. The lowest BCUT2D eigenvalue weighted by molar-refractivity contribution is -0.147. The molecule has 3 saturated heterocycles. The minimum absolute atomic E-state index is 0.116. The molecule has 3 fully saturated rings. The first kappa shape index (κ1) is 39.2. The average Bonchev–Trinajstić information content (AvgIpc) is 3.68. The Hall–Kier alpha value is -1.95. The van der Waals surface area contributed by atoms with Crippen molar-refractivity contribution in [1.29, 1.82) is 0 Å². The van der Waals surface area contributed by atoms with Crippen LogP contribution in [0.15, 0.2) is 0 Å². The zero-order valence-corrected chi connectivity index (χ0v) is 29.5. The molecule has 11 nitrogen and oxygen atoms in total. The molecule has 0 radical (unpaired) electrons. The van der Waals surface area contributed by atoms with Crippen LogP contribution in [0.25, 0.3) is 0 Å². The maximum absolute atomic E-state index is 12.0. The lowest BCUT2D eigenvalue weighted by Gasteiger charge is -2.24. The van der Waals surface area contributed by atoms with Crippen LogP contribution in [-0.4, -0.2) is 110 Å². The molecule has 0 N–H and O–H groups in total. The average molecular weight is 643 g/mol. The molecule has 45 heavy (non-hydrogen) atoms. The highest BCUT2D eigenvalue weighted by Gasteiger charge is 2.32. The monoisotopic (exact) mass is 642 g/mol. The molecular weight excluding hydrogens is 580 g/mol. The van der Waals surface area contributed by atoms with Gasteiger partial charge in [-0.25, -0.2) is 9.59 Å². The van der Waals surface area contributed by atoms with E-state index < -0.39 is 11.2 Å². The van der Waals surface area contributed by atoms with Crippen LogP contribution in [0.4, 0.5) is 9.59 Å². The predicted molar refractivity (Wildman–Crippen MR) is 172 cm³/mol. The number of ether oxygens (including phenoxy) is 6. The predicted octanol–water partition coefficient (Wildman–Crippen LogP) is 6.50. The third-order valence-corrected chi connectivity index (χ3v) is 7.65. The summed E-state index contributed by atoms with van der Waals surface area (Å²) in [6, 6.07) is 0. The van der Waals surface area contributed by atoms with E-state index in [-0.39, 0.29) is 36.0 Å². The third kappa shape index (κ3) is 17.5. The Bertz CT molecular complexity index is 893. The summed E-state index contributed by atoms with van der Waals surface area (Å²) in [5.74, 6) is -0.125. The van der Waals surface area contributed by atoms with Crippen molar-refractivity contribution in [2.45, 2.75) is 149 Å². The van der Waals surface area contributed by atoms with Crippen molar-refractivity contribution >= 4 is 18.0 Å². The Morgan fingerprint density at radius 3 is 1.58 bits per heavy atom. The molecule has 0 aromatic carbocycles. The van der Waals surface area contributed by atoms with Crippen molar-refractivity contribution in [2.75, 3.05) is 52.6 Å². The number of likely N-dealkylation sites (tertiary alicyclic amines) is 2. The summed E-state index contributed by atoms with van der Waals surface area (Å²) >= 11 is 0. The Labute approximate surface area is 271 Å². The number of rotatable bonds is 14. The molecular formula is C34H62N2O9. The van der Waals surface area contributed by atoms with Crippen molar-refractivity contribution < 1.29 is 42.8 Å². The summed E-state index contributed by atoms with van der Waals surface area (Å²) in [5.41, 5.74) is -0.897. The topological polar surface area (TPSA) is 113 Å². The van der Waals surface area contributed by atoms with Crippen molar-refractivity contribution in [3.05, 3.63) is 0 Å². The van der Waals surface area contributed by atoms with Crippen molar-refractivity contribution in [2.24, 2.45) is 0 Å². The van der Waals surface area contributed by atoms with E-state index in [4.69, 9.17) is 28.4 Å². The molecule has 3 aliphatic rings. The van der Waals surface area contributed by atoms with Gasteiger partial charge in [0.1, 0.15) is 17.0 Å². The smallest absolute Gasteiger partial charge is 0.410 e. The molecule has 2 atom stereocenters. The van der Waals surface area contributed by atoms with Crippen LogP contribution in [0.3, 0.4) is 0 Å². The number of hydrogen-bond acceptors (Lipinski definition) is 9. The number of nitrogens with zero attached hydrogens (tertiary/aromatic N) is 2. The van der Waals surface area contributed by atoms with Crippen molar-refractivity contribution in [3.8, 4) is 0 Å². The maximum Gasteiger partial charge on any atom is 0.410 e. The molecule has 0 aromatic rings. The molecule has 3 heterocycles. The third-order valence-electron chi connectivity index (χ3n) is 7.65.